The summed E-state index contributed by atoms with van der Waals surface area (Å²) in [5.41, 5.74) is 1.10. The standard InChI is InChI=1S/C14H19NO4/c1-9(2)13(14(17)18)15-12(16)8-19-11-6-4-10(3)5-7-11/h4-7,9,13H,8H2,1-3H3,(H,15,16)(H,17,18)/t13-/m1/s1. The van der Waals surface area contributed by atoms with E-state index in [-0.39, 0.29) is 12.5 Å². The molecule has 104 valence electrons. The van der Waals surface area contributed by atoms with E-state index in [2.05, 4.69) is 5.32 Å². The van der Waals surface area contributed by atoms with E-state index in [4.69, 9.17) is 9.84 Å². The number of carbonyl (C=O) groups is 2. The Labute approximate surface area is 112 Å². The van der Waals surface area contributed by atoms with Gasteiger partial charge in [-0.3, -0.25) is 4.79 Å². The first-order chi connectivity index (χ1) is 8.90. The van der Waals surface area contributed by atoms with Crippen LogP contribution in [0.3, 0.4) is 0 Å². The van der Waals surface area contributed by atoms with Gasteiger partial charge in [0.05, 0.1) is 0 Å². The zero-order chi connectivity index (χ0) is 14.4. The zero-order valence-electron chi connectivity index (χ0n) is 11.3. The lowest BCUT2D eigenvalue weighted by molar-refractivity contribution is -0.143. The normalized spacial score (nSPS) is 12.0. The number of aliphatic carboxylic acids is 1. The Balaban J connectivity index is 2.47. The summed E-state index contributed by atoms with van der Waals surface area (Å²) in [5, 5.41) is 11.4. The Morgan fingerprint density at radius 1 is 1.26 bits per heavy atom. The Kier molecular flexibility index (Phi) is 5.36. The first-order valence-corrected chi connectivity index (χ1v) is 6.11. The molecule has 0 unspecified atom stereocenters. The maximum atomic E-state index is 11.6. The summed E-state index contributed by atoms with van der Waals surface area (Å²) in [5.74, 6) is -1.08. The molecule has 2 N–H and O–H groups in total. The first kappa shape index (κ1) is 15.0. The number of hydrogen-bond donors (Lipinski definition) is 2. The number of carboxylic acid groups (broad SMARTS) is 1. The highest BCUT2D eigenvalue weighted by Crippen LogP contribution is 2.11. The highest BCUT2D eigenvalue weighted by Gasteiger charge is 2.23. The molecular weight excluding hydrogens is 246 g/mol. The Hall–Kier alpha value is -2.04. The number of rotatable bonds is 6. The molecule has 1 aromatic carbocycles. The van der Waals surface area contributed by atoms with Crippen LogP contribution in [0.4, 0.5) is 0 Å². The average Bonchev–Trinajstić information content (AvgIpc) is 2.34. The van der Waals surface area contributed by atoms with Gasteiger partial charge in [-0.05, 0) is 25.0 Å². The summed E-state index contributed by atoms with van der Waals surface area (Å²) in [6.45, 7) is 5.23. The minimum Gasteiger partial charge on any atom is -0.484 e. The maximum absolute atomic E-state index is 11.6. The number of benzene rings is 1. The maximum Gasteiger partial charge on any atom is 0.326 e. The van der Waals surface area contributed by atoms with Crippen LogP contribution in [0.25, 0.3) is 0 Å². The van der Waals surface area contributed by atoms with E-state index in [9.17, 15) is 9.59 Å². The van der Waals surface area contributed by atoms with Crippen LogP contribution in [0.15, 0.2) is 24.3 Å². The van der Waals surface area contributed by atoms with E-state index in [1.165, 1.54) is 0 Å². The molecule has 1 atom stereocenters. The first-order valence-electron chi connectivity index (χ1n) is 6.11. The van der Waals surface area contributed by atoms with Crippen molar-refractivity contribution in [3.05, 3.63) is 29.8 Å². The predicted molar refractivity (Wildman–Crippen MR) is 71.1 cm³/mol. The molecule has 1 amide bonds. The molecule has 0 fully saturated rings. The largest absolute Gasteiger partial charge is 0.484 e. The van der Waals surface area contributed by atoms with Gasteiger partial charge in [-0.25, -0.2) is 4.79 Å². The van der Waals surface area contributed by atoms with Crippen LogP contribution in [0, 0.1) is 12.8 Å². The Morgan fingerprint density at radius 3 is 2.32 bits per heavy atom. The fourth-order valence-electron chi connectivity index (χ4n) is 1.51. The third-order valence-corrected chi connectivity index (χ3v) is 2.64. The molecule has 0 heterocycles. The highest BCUT2D eigenvalue weighted by atomic mass is 16.5. The van der Waals surface area contributed by atoms with Gasteiger partial charge in [0.2, 0.25) is 0 Å². The summed E-state index contributed by atoms with van der Waals surface area (Å²) in [4.78, 5) is 22.5. The third-order valence-electron chi connectivity index (χ3n) is 2.64. The minimum atomic E-state index is -1.04. The van der Waals surface area contributed by atoms with Crippen molar-refractivity contribution < 1.29 is 19.4 Å². The molecule has 0 bridgehead atoms. The predicted octanol–water partition coefficient (Wildman–Crippen LogP) is 1.60. The lowest BCUT2D eigenvalue weighted by Crippen LogP contribution is -2.46. The van der Waals surface area contributed by atoms with Gasteiger partial charge in [-0.2, -0.15) is 0 Å². The van der Waals surface area contributed by atoms with Gasteiger partial charge in [-0.1, -0.05) is 31.5 Å². The van der Waals surface area contributed by atoms with Crippen molar-refractivity contribution in [1.29, 1.82) is 0 Å². The third kappa shape index (κ3) is 4.99. The van der Waals surface area contributed by atoms with Gasteiger partial charge >= 0.3 is 5.97 Å². The van der Waals surface area contributed by atoms with Gasteiger partial charge in [0.15, 0.2) is 6.61 Å². The Morgan fingerprint density at radius 2 is 1.84 bits per heavy atom. The van der Waals surface area contributed by atoms with Crippen molar-refractivity contribution in [3.63, 3.8) is 0 Å². The quantitative estimate of drug-likeness (QED) is 0.819. The molecule has 1 rings (SSSR count). The van der Waals surface area contributed by atoms with Crippen molar-refractivity contribution in [2.45, 2.75) is 26.8 Å². The number of amides is 1. The van der Waals surface area contributed by atoms with Gasteiger partial charge in [0, 0.05) is 0 Å². The molecule has 1 aromatic rings. The fraction of sp³-hybridized carbons (Fsp3) is 0.429. The van der Waals surface area contributed by atoms with Gasteiger partial charge < -0.3 is 15.2 Å². The highest BCUT2D eigenvalue weighted by molar-refractivity contribution is 5.84. The van der Waals surface area contributed by atoms with Crippen molar-refractivity contribution >= 4 is 11.9 Å². The topological polar surface area (TPSA) is 75.6 Å². The molecular formula is C14H19NO4. The molecule has 19 heavy (non-hydrogen) atoms. The van der Waals surface area contributed by atoms with E-state index in [0.29, 0.717) is 5.75 Å². The smallest absolute Gasteiger partial charge is 0.326 e. The average molecular weight is 265 g/mol. The van der Waals surface area contributed by atoms with E-state index < -0.39 is 17.9 Å². The van der Waals surface area contributed by atoms with Crippen LogP contribution in [0.1, 0.15) is 19.4 Å². The van der Waals surface area contributed by atoms with Crippen LogP contribution in [-0.4, -0.2) is 29.6 Å². The van der Waals surface area contributed by atoms with Crippen LogP contribution in [0.5, 0.6) is 5.75 Å². The summed E-state index contributed by atoms with van der Waals surface area (Å²) in [7, 11) is 0. The number of aryl methyl sites for hydroxylation is 1. The van der Waals surface area contributed by atoms with Crippen LogP contribution < -0.4 is 10.1 Å². The molecule has 0 radical (unpaired) electrons. The molecule has 0 saturated heterocycles. The SMILES string of the molecule is Cc1ccc(OCC(=O)N[C@@H](C(=O)O)C(C)C)cc1. The lowest BCUT2D eigenvalue weighted by Gasteiger charge is -2.17. The number of nitrogens with one attached hydrogen (secondary N) is 1. The van der Waals surface area contributed by atoms with Gasteiger partial charge in [0.25, 0.3) is 5.91 Å². The van der Waals surface area contributed by atoms with E-state index in [0.717, 1.165) is 5.56 Å². The number of hydrogen-bond acceptors (Lipinski definition) is 3. The van der Waals surface area contributed by atoms with E-state index in [1.54, 1.807) is 26.0 Å². The molecule has 0 aliphatic heterocycles. The zero-order valence-corrected chi connectivity index (χ0v) is 11.3. The molecule has 0 saturated carbocycles. The molecule has 0 aliphatic carbocycles. The summed E-state index contributed by atoms with van der Waals surface area (Å²) < 4.78 is 5.28. The summed E-state index contributed by atoms with van der Waals surface area (Å²) in [6, 6.07) is 6.39. The monoisotopic (exact) mass is 265 g/mol. The van der Waals surface area contributed by atoms with E-state index >= 15 is 0 Å². The van der Waals surface area contributed by atoms with Crippen LogP contribution in [0.2, 0.25) is 0 Å². The summed E-state index contributed by atoms with van der Waals surface area (Å²) in [6.07, 6.45) is 0. The molecule has 5 nitrogen and oxygen atoms in total. The molecule has 0 aliphatic rings. The van der Waals surface area contributed by atoms with Crippen molar-refractivity contribution in [3.8, 4) is 5.75 Å². The van der Waals surface area contributed by atoms with Crippen molar-refractivity contribution in [1.82, 2.24) is 5.32 Å². The number of ether oxygens (including phenoxy) is 1. The second-order valence-electron chi connectivity index (χ2n) is 4.73. The Bertz CT molecular complexity index is 439. The van der Waals surface area contributed by atoms with Crippen molar-refractivity contribution in [2.24, 2.45) is 5.92 Å². The molecule has 0 spiro atoms. The van der Waals surface area contributed by atoms with Gasteiger partial charge in [0.1, 0.15) is 11.8 Å². The summed E-state index contributed by atoms with van der Waals surface area (Å²) >= 11 is 0. The van der Waals surface area contributed by atoms with Gasteiger partial charge in [-0.15, -0.1) is 0 Å². The second-order valence-corrected chi connectivity index (χ2v) is 4.73. The van der Waals surface area contributed by atoms with Crippen LogP contribution in [-0.2, 0) is 9.59 Å². The lowest BCUT2D eigenvalue weighted by atomic mass is 10.1. The van der Waals surface area contributed by atoms with E-state index in [1.807, 2.05) is 19.1 Å². The van der Waals surface area contributed by atoms with Crippen molar-refractivity contribution in [2.75, 3.05) is 6.61 Å². The number of carbonyl (C=O) groups excluding carboxylic acids is 1. The molecule has 0 aromatic heterocycles. The fourth-order valence-corrected chi connectivity index (χ4v) is 1.51. The number of carboxylic acids is 1. The second kappa shape index (κ2) is 6.78. The minimum absolute atomic E-state index is 0.180. The molecule has 5 heteroatoms. The van der Waals surface area contributed by atoms with Crippen LogP contribution >= 0.6 is 0 Å².